The summed E-state index contributed by atoms with van der Waals surface area (Å²) in [6.07, 6.45) is 2.02. The highest BCUT2D eigenvalue weighted by atomic mass is 16.7. The smallest absolute Gasteiger partial charge is 0.189 e. The molecule has 0 radical (unpaired) electrons. The molecule has 0 N–H and O–H groups in total. The van der Waals surface area contributed by atoms with Crippen molar-refractivity contribution in [3.63, 3.8) is 0 Å². The van der Waals surface area contributed by atoms with Crippen molar-refractivity contribution in [3.8, 4) is 5.75 Å². The number of rotatable bonds is 8. The van der Waals surface area contributed by atoms with Gasteiger partial charge in [0.15, 0.2) is 6.79 Å². The van der Waals surface area contributed by atoms with Crippen molar-refractivity contribution in [2.24, 2.45) is 0 Å². The fourth-order valence-electron chi connectivity index (χ4n) is 1.79. The van der Waals surface area contributed by atoms with Crippen molar-refractivity contribution < 1.29 is 14.2 Å². The number of methoxy groups -OCH3 is 1. The van der Waals surface area contributed by atoms with E-state index in [2.05, 4.69) is 19.9 Å². The highest BCUT2D eigenvalue weighted by molar-refractivity contribution is 5.40. The predicted molar refractivity (Wildman–Crippen MR) is 68.5 cm³/mol. The van der Waals surface area contributed by atoms with Crippen LogP contribution in [-0.2, 0) is 22.3 Å². The van der Waals surface area contributed by atoms with Gasteiger partial charge in [-0.05, 0) is 30.0 Å². The Balaban J connectivity index is 2.52. The summed E-state index contributed by atoms with van der Waals surface area (Å²) < 4.78 is 15.8. The van der Waals surface area contributed by atoms with E-state index in [1.807, 2.05) is 12.1 Å². The van der Waals surface area contributed by atoms with Gasteiger partial charge in [-0.3, -0.25) is 0 Å². The first-order valence-corrected chi connectivity index (χ1v) is 6.13. The summed E-state index contributed by atoms with van der Waals surface area (Å²) in [5, 5.41) is 0. The molecule has 0 heterocycles. The summed E-state index contributed by atoms with van der Waals surface area (Å²) in [5.41, 5.74) is 2.63. The molecule has 0 saturated carbocycles. The molecule has 0 amide bonds. The minimum Gasteiger partial charge on any atom is -0.467 e. The normalized spacial score (nSPS) is 10.5. The molecule has 0 aliphatic carbocycles. The molecular formula is C14H22O3. The molecule has 3 nitrogen and oxygen atoms in total. The zero-order valence-electron chi connectivity index (χ0n) is 11.0. The van der Waals surface area contributed by atoms with Crippen molar-refractivity contribution in [3.05, 3.63) is 29.3 Å². The van der Waals surface area contributed by atoms with E-state index < -0.39 is 0 Å². The molecule has 17 heavy (non-hydrogen) atoms. The van der Waals surface area contributed by atoms with Crippen LogP contribution in [-0.4, -0.2) is 27.1 Å². The summed E-state index contributed by atoms with van der Waals surface area (Å²) in [4.78, 5) is 0. The highest BCUT2D eigenvalue weighted by Gasteiger charge is 2.06. The molecule has 0 aliphatic rings. The van der Waals surface area contributed by atoms with Gasteiger partial charge in [-0.2, -0.15) is 0 Å². The van der Waals surface area contributed by atoms with E-state index in [1.54, 1.807) is 7.11 Å². The van der Waals surface area contributed by atoms with Crippen LogP contribution in [0.1, 0.15) is 25.0 Å². The Morgan fingerprint density at radius 2 is 1.88 bits per heavy atom. The van der Waals surface area contributed by atoms with E-state index in [0.717, 1.165) is 18.6 Å². The average Bonchev–Trinajstić information content (AvgIpc) is 2.38. The first kappa shape index (κ1) is 14.0. The first-order valence-electron chi connectivity index (χ1n) is 6.13. The van der Waals surface area contributed by atoms with Gasteiger partial charge < -0.3 is 14.2 Å². The molecule has 0 saturated heterocycles. The molecule has 3 heteroatoms. The van der Waals surface area contributed by atoms with Crippen molar-refractivity contribution in [2.75, 3.05) is 27.1 Å². The Morgan fingerprint density at radius 1 is 1.06 bits per heavy atom. The summed E-state index contributed by atoms with van der Waals surface area (Å²) in [6, 6.07) is 6.18. The second kappa shape index (κ2) is 8.09. The molecule has 0 fully saturated rings. The molecule has 1 aromatic rings. The minimum absolute atomic E-state index is 0.281. The molecule has 0 atom stereocenters. The maximum absolute atomic E-state index is 5.64. The van der Waals surface area contributed by atoms with Crippen LogP contribution in [0, 0.1) is 0 Å². The van der Waals surface area contributed by atoms with Crippen molar-refractivity contribution in [2.45, 2.75) is 26.7 Å². The third-order valence-corrected chi connectivity index (χ3v) is 2.69. The van der Waals surface area contributed by atoms with Crippen molar-refractivity contribution in [1.29, 1.82) is 0 Å². The zero-order valence-corrected chi connectivity index (χ0v) is 11.0. The SMILES string of the molecule is CCc1cccc(OCOCCOC)c1CC. The van der Waals surface area contributed by atoms with Crippen LogP contribution in [0.3, 0.4) is 0 Å². The van der Waals surface area contributed by atoms with Crippen LogP contribution in [0.15, 0.2) is 18.2 Å². The maximum atomic E-state index is 5.64. The van der Waals surface area contributed by atoms with Gasteiger partial charge in [-0.15, -0.1) is 0 Å². The largest absolute Gasteiger partial charge is 0.467 e. The number of hydrogen-bond donors (Lipinski definition) is 0. The second-order valence-electron chi connectivity index (χ2n) is 3.76. The second-order valence-corrected chi connectivity index (χ2v) is 3.76. The quantitative estimate of drug-likeness (QED) is 0.515. The molecule has 96 valence electrons. The van der Waals surface area contributed by atoms with Gasteiger partial charge in [0, 0.05) is 7.11 Å². The van der Waals surface area contributed by atoms with Crippen LogP contribution >= 0.6 is 0 Å². The third-order valence-electron chi connectivity index (χ3n) is 2.69. The van der Waals surface area contributed by atoms with Crippen LogP contribution in [0.5, 0.6) is 5.75 Å². The van der Waals surface area contributed by atoms with E-state index in [4.69, 9.17) is 14.2 Å². The van der Waals surface area contributed by atoms with Gasteiger partial charge in [-0.25, -0.2) is 0 Å². The lowest BCUT2D eigenvalue weighted by Gasteiger charge is -2.13. The van der Waals surface area contributed by atoms with Crippen LogP contribution < -0.4 is 4.74 Å². The Labute approximate surface area is 104 Å². The lowest BCUT2D eigenvalue weighted by atomic mass is 10.0. The standard InChI is InChI=1S/C14H22O3/c1-4-12-7-6-8-14(13(12)5-2)17-11-16-10-9-15-3/h6-8H,4-5,9-11H2,1-3H3. The molecule has 0 spiro atoms. The average molecular weight is 238 g/mol. The van der Waals surface area contributed by atoms with E-state index >= 15 is 0 Å². The van der Waals surface area contributed by atoms with E-state index in [0.29, 0.717) is 13.2 Å². The number of hydrogen-bond acceptors (Lipinski definition) is 3. The Morgan fingerprint density at radius 3 is 2.53 bits per heavy atom. The number of ether oxygens (including phenoxy) is 3. The predicted octanol–water partition coefficient (Wildman–Crippen LogP) is 2.81. The van der Waals surface area contributed by atoms with Gasteiger partial charge in [0.2, 0.25) is 0 Å². The van der Waals surface area contributed by atoms with Gasteiger partial charge in [0.1, 0.15) is 5.75 Å². The summed E-state index contributed by atoms with van der Waals surface area (Å²) in [6.45, 7) is 5.74. The van der Waals surface area contributed by atoms with E-state index in [1.165, 1.54) is 11.1 Å². The molecule has 1 rings (SSSR count). The van der Waals surface area contributed by atoms with Gasteiger partial charge in [0.25, 0.3) is 0 Å². The lowest BCUT2D eigenvalue weighted by molar-refractivity contribution is -0.00887. The van der Waals surface area contributed by atoms with Crippen LogP contribution in [0.2, 0.25) is 0 Å². The van der Waals surface area contributed by atoms with Gasteiger partial charge in [0.05, 0.1) is 13.2 Å². The summed E-state index contributed by atoms with van der Waals surface area (Å²) >= 11 is 0. The third kappa shape index (κ3) is 4.36. The summed E-state index contributed by atoms with van der Waals surface area (Å²) in [5.74, 6) is 0.935. The Kier molecular flexibility index (Phi) is 6.67. The number of benzene rings is 1. The number of aryl methyl sites for hydroxylation is 1. The fraction of sp³-hybridized carbons (Fsp3) is 0.571. The van der Waals surface area contributed by atoms with Crippen LogP contribution in [0.4, 0.5) is 0 Å². The topological polar surface area (TPSA) is 27.7 Å². The van der Waals surface area contributed by atoms with Crippen molar-refractivity contribution >= 4 is 0 Å². The molecular weight excluding hydrogens is 216 g/mol. The lowest BCUT2D eigenvalue weighted by Crippen LogP contribution is -2.09. The highest BCUT2D eigenvalue weighted by Crippen LogP contribution is 2.23. The minimum atomic E-state index is 0.281. The Hall–Kier alpha value is -1.06. The Bertz CT molecular complexity index is 323. The first-order chi connectivity index (χ1) is 8.33. The summed E-state index contributed by atoms with van der Waals surface area (Å²) in [7, 11) is 1.66. The zero-order chi connectivity index (χ0) is 12.5. The van der Waals surface area contributed by atoms with Gasteiger partial charge >= 0.3 is 0 Å². The molecule has 1 aromatic carbocycles. The van der Waals surface area contributed by atoms with Crippen LogP contribution in [0.25, 0.3) is 0 Å². The maximum Gasteiger partial charge on any atom is 0.189 e. The van der Waals surface area contributed by atoms with E-state index in [9.17, 15) is 0 Å². The van der Waals surface area contributed by atoms with E-state index in [-0.39, 0.29) is 6.79 Å². The molecule has 0 bridgehead atoms. The van der Waals surface area contributed by atoms with Crippen molar-refractivity contribution in [1.82, 2.24) is 0 Å². The fourth-order valence-corrected chi connectivity index (χ4v) is 1.79. The monoisotopic (exact) mass is 238 g/mol. The molecule has 0 aliphatic heterocycles. The molecule has 0 unspecified atom stereocenters. The molecule has 0 aromatic heterocycles. The van der Waals surface area contributed by atoms with Gasteiger partial charge in [-0.1, -0.05) is 26.0 Å².